The van der Waals surface area contributed by atoms with Crippen LogP contribution < -0.4 is 0 Å². The Labute approximate surface area is 165 Å². The Morgan fingerprint density at radius 2 is 1.26 bits per heavy atom. The van der Waals surface area contributed by atoms with Crippen molar-refractivity contribution < 1.29 is 13.6 Å². The molecule has 4 unspecified atom stereocenters. The van der Waals surface area contributed by atoms with E-state index in [1.807, 2.05) is 0 Å². The number of alkyl halides is 2. The van der Waals surface area contributed by atoms with Gasteiger partial charge in [-0.1, -0.05) is 45.4 Å². The van der Waals surface area contributed by atoms with Gasteiger partial charge in [0.15, 0.2) is 0 Å². The number of hydrogen-bond donors (Lipinski definition) is 0. The Kier molecular flexibility index (Phi) is 8.14. The SMILES string of the molecule is CCCCCC1CCC(C2CCC(C3CCC(C=O)CC3)C(F)C2F)CC1. The normalized spacial score (nSPS) is 43.4. The maximum Gasteiger partial charge on any atom is 0.134 e. The van der Waals surface area contributed by atoms with Crippen LogP contribution in [0.25, 0.3) is 0 Å². The molecule has 3 aliphatic rings. The molecule has 0 bridgehead atoms. The van der Waals surface area contributed by atoms with Gasteiger partial charge in [-0.05, 0) is 81.0 Å². The van der Waals surface area contributed by atoms with Crippen LogP contribution >= 0.6 is 0 Å². The van der Waals surface area contributed by atoms with E-state index in [9.17, 15) is 4.79 Å². The van der Waals surface area contributed by atoms with E-state index in [2.05, 4.69) is 6.92 Å². The number of carbonyl (C=O) groups is 1. The maximum absolute atomic E-state index is 15.1. The molecule has 3 fully saturated rings. The van der Waals surface area contributed by atoms with Crippen LogP contribution in [0.3, 0.4) is 0 Å². The molecule has 0 radical (unpaired) electrons. The molecule has 0 aromatic rings. The number of hydrogen-bond acceptors (Lipinski definition) is 1. The lowest BCUT2D eigenvalue weighted by atomic mass is 9.63. The molecular formula is C24H40F2O. The summed E-state index contributed by atoms with van der Waals surface area (Å²) in [6.45, 7) is 2.25. The zero-order chi connectivity index (χ0) is 19.2. The molecule has 4 atom stereocenters. The minimum Gasteiger partial charge on any atom is -0.303 e. The summed E-state index contributed by atoms with van der Waals surface area (Å²) in [4.78, 5) is 10.9. The highest BCUT2D eigenvalue weighted by molar-refractivity contribution is 5.53. The highest BCUT2D eigenvalue weighted by Crippen LogP contribution is 2.48. The lowest BCUT2D eigenvalue weighted by molar-refractivity contribution is -0.112. The van der Waals surface area contributed by atoms with Crippen molar-refractivity contribution in [2.75, 3.05) is 0 Å². The van der Waals surface area contributed by atoms with Crippen LogP contribution in [0.4, 0.5) is 8.78 Å². The van der Waals surface area contributed by atoms with Crippen LogP contribution in [0.5, 0.6) is 0 Å². The van der Waals surface area contributed by atoms with Gasteiger partial charge >= 0.3 is 0 Å². The second-order valence-electron chi connectivity index (χ2n) is 9.88. The predicted molar refractivity (Wildman–Crippen MR) is 107 cm³/mol. The smallest absolute Gasteiger partial charge is 0.134 e. The van der Waals surface area contributed by atoms with E-state index in [0.29, 0.717) is 11.8 Å². The van der Waals surface area contributed by atoms with Gasteiger partial charge in [0, 0.05) is 5.92 Å². The molecule has 0 aromatic carbocycles. The molecule has 156 valence electrons. The summed E-state index contributed by atoms with van der Waals surface area (Å²) in [7, 11) is 0. The lowest BCUT2D eigenvalue weighted by Gasteiger charge is -2.44. The van der Waals surface area contributed by atoms with E-state index < -0.39 is 12.3 Å². The molecule has 3 rings (SSSR count). The molecule has 27 heavy (non-hydrogen) atoms. The fourth-order valence-corrected chi connectivity index (χ4v) is 6.46. The molecule has 0 spiro atoms. The Morgan fingerprint density at radius 3 is 1.74 bits per heavy atom. The summed E-state index contributed by atoms with van der Waals surface area (Å²) in [5, 5.41) is 0. The molecule has 0 aliphatic heterocycles. The molecule has 3 heteroatoms. The minimum atomic E-state index is -1.27. The second kappa shape index (κ2) is 10.3. The Morgan fingerprint density at radius 1 is 0.741 bits per heavy atom. The molecule has 1 nitrogen and oxygen atoms in total. The number of aldehydes is 1. The Hall–Kier alpha value is -0.470. The molecule has 3 saturated carbocycles. The van der Waals surface area contributed by atoms with Crippen molar-refractivity contribution in [3.63, 3.8) is 0 Å². The predicted octanol–water partition coefficient (Wildman–Crippen LogP) is 7.08. The van der Waals surface area contributed by atoms with E-state index in [1.54, 1.807) is 0 Å². The molecule has 0 aromatic heterocycles. The minimum absolute atomic E-state index is 0.0424. The topological polar surface area (TPSA) is 17.1 Å². The van der Waals surface area contributed by atoms with Crippen molar-refractivity contribution in [2.45, 2.75) is 109 Å². The molecule has 0 amide bonds. The summed E-state index contributed by atoms with van der Waals surface area (Å²) in [5.41, 5.74) is 0. The van der Waals surface area contributed by atoms with Crippen molar-refractivity contribution >= 4 is 6.29 Å². The fraction of sp³-hybridized carbons (Fsp3) is 0.958. The molecule has 3 aliphatic carbocycles. The van der Waals surface area contributed by atoms with Gasteiger partial charge in [-0.3, -0.25) is 0 Å². The van der Waals surface area contributed by atoms with Crippen molar-refractivity contribution in [1.82, 2.24) is 0 Å². The standard InChI is InChI=1S/C24H40F2O/c1-2-3-4-5-17-6-10-19(11-7-17)21-14-15-22(24(26)23(21)25)20-12-8-18(16-27)9-13-20/h16-24H,2-15H2,1H3. The van der Waals surface area contributed by atoms with Crippen molar-refractivity contribution in [3.8, 4) is 0 Å². The van der Waals surface area contributed by atoms with Crippen LogP contribution in [0.1, 0.15) is 96.8 Å². The summed E-state index contributed by atoms with van der Waals surface area (Å²) >= 11 is 0. The third-order valence-corrected chi connectivity index (χ3v) is 8.28. The Bertz CT molecular complexity index is 438. The van der Waals surface area contributed by atoms with E-state index in [1.165, 1.54) is 38.5 Å². The fourth-order valence-electron chi connectivity index (χ4n) is 6.46. The lowest BCUT2D eigenvalue weighted by Crippen LogP contribution is -2.45. The van der Waals surface area contributed by atoms with E-state index in [-0.39, 0.29) is 17.8 Å². The van der Waals surface area contributed by atoms with Crippen molar-refractivity contribution in [3.05, 3.63) is 0 Å². The molecular weight excluding hydrogens is 342 g/mol. The first-order chi connectivity index (χ1) is 13.1. The van der Waals surface area contributed by atoms with Crippen LogP contribution in [0.2, 0.25) is 0 Å². The summed E-state index contributed by atoms with van der Waals surface area (Å²) in [6.07, 6.45) is 13.8. The van der Waals surface area contributed by atoms with Gasteiger partial charge in [0.2, 0.25) is 0 Å². The Balaban J connectivity index is 1.46. The van der Waals surface area contributed by atoms with Gasteiger partial charge in [-0.15, -0.1) is 0 Å². The van der Waals surface area contributed by atoms with Crippen LogP contribution in [0.15, 0.2) is 0 Å². The van der Waals surface area contributed by atoms with Gasteiger partial charge in [-0.25, -0.2) is 8.78 Å². The van der Waals surface area contributed by atoms with Gasteiger partial charge in [0.1, 0.15) is 18.6 Å². The number of carbonyl (C=O) groups excluding carboxylic acids is 1. The van der Waals surface area contributed by atoms with E-state index in [4.69, 9.17) is 0 Å². The number of unbranched alkanes of at least 4 members (excludes halogenated alkanes) is 2. The first kappa shape index (κ1) is 21.2. The van der Waals surface area contributed by atoms with Gasteiger partial charge in [0.05, 0.1) is 0 Å². The summed E-state index contributed by atoms with van der Waals surface area (Å²) in [5.74, 6) is 1.55. The third kappa shape index (κ3) is 5.32. The van der Waals surface area contributed by atoms with Gasteiger partial charge in [-0.2, -0.15) is 0 Å². The monoisotopic (exact) mass is 382 g/mol. The van der Waals surface area contributed by atoms with Crippen LogP contribution in [-0.2, 0) is 4.79 Å². The molecule has 0 saturated heterocycles. The maximum atomic E-state index is 15.1. The summed E-state index contributed by atoms with van der Waals surface area (Å²) < 4.78 is 30.1. The van der Waals surface area contributed by atoms with E-state index in [0.717, 1.165) is 63.6 Å². The van der Waals surface area contributed by atoms with Gasteiger partial charge < -0.3 is 4.79 Å². The van der Waals surface area contributed by atoms with Gasteiger partial charge in [0.25, 0.3) is 0 Å². The van der Waals surface area contributed by atoms with Crippen LogP contribution in [0, 0.1) is 35.5 Å². The quantitative estimate of drug-likeness (QED) is 0.339. The zero-order valence-electron chi connectivity index (χ0n) is 17.3. The number of rotatable bonds is 7. The second-order valence-corrected chi connectivity index (χ2v) is 9.88. The summed E-state index contributed by atoms with van der Waals surface area (Å²) in [6, 6.07) is 0. The average Bonchev–Trinajstić information content (AvgIpc) is 2.71. The van der Waals surface area contributed by atoms with Crippen molar-refractivity contribution in [2.24, 2.45) is 35.5 Å². The number of halogens is 2. The van der Waals surface area contributed by atoms with Crippen molar-refractivity contribution in [1.29, 1.82) is 0 Å². The zero-order valence-corrected chi connectivity index (χ0v) is 17.3. The molecule has 0 heterocycles. The largest absolute Gasteiger partial charge is 0.303 e. The first-order valence-corrected chi connectivity index (χ1v) is 11.9. The first-order valence-electron chi connectivity index (χ1n) is 11.9. The molecule has 0 N–H and O–H groups in total. The third-order valence-electron chi connectivity index (χ3n) is 8.28. The average molecular weight is 383 g/mol. The van der Waals surface area contributed by atoms with E-state index >= 15 is 8.78 Å². The highest BCUT2D eigenvalue weighted by atomic mass is 19.2. The van der Waals surface area contributed by atoms with Crippen LogP contribution in [-0.4, -0.2) is 18.6 Å². The highest BCUT2D eigenvalue weighted by Gasteiger charge is 2.46.